The highest BCUT2D eigenvalue weighted by Crippen LogP contribution is 2.29. The average molecular weight is 296 g/mol. The Labute approximate surface area is 108 Å². The molecule has 1 atom stereocenters. The lowest BCUT2D eigenvalue weighted by molar-refractivity contribution is 0.469. The molecule has 0 radical (unpaired) electrons. The van der Waals surface area contributed by atoms with E-state index in [9.17, 15) is 0 Å². The van der Waals surface area contributed by atoms with Crippen LogP contribution in [0.4, 0.5) is 5.69 Å². The fourth-order valence-corrected chi connectivity index (χ4v) is 1.98. The first kappa shape index (κ1) is 12.0. The topological polar surface area (TPSA) is 69.6 Å². The Bertz CT molecular complexity index is 522. The van der Waals surface area contributed by atoms with E-state index in [1.54, 1.807) is 0 Å². The highest BCUT2D eigenvalue weighted by atomic mass is 79.9. The predicted octanol–water partition coefficient (Wildman–Crippen LogP) is 2.66. The van der Waals surface area contributed by atoms with Gasteiger partial charge in [0.05, 0.1) is 6.04 Å². The molecule has 6 heteroatoms. The minimum Gasteiger partial charge on any atom is -0.399 e. The van der Waals surface area contributed by atoms with Crippen molar-refractivity contribution in [3.05, 3.63) is 22.7 Å². The molecule has 0 aliphatic carbocycles. The Morgan fingerprint density at radius 3 is 2.94 bits per heavy atom. The minimum absolute atomic E-state index is 0.258. The van der Waals surface area contributed by atoms with Crippen LogP contribution >= 0.6 is 15.9 Å². The van der Waals surface area contributed by atoms with Gasteiger partial charge in [-0.05, 0) is 42.0 Å². The van der Waals surface area contributed by atoms with Crippen LogP contribution in [0.2, 0.25) is 0 Å². The van der Waals surface area contributed by atoms with Gasteiger partial charge >= 0.3 is 0 Å². The van der Waals surface area contributed by atoms with Gasteiger partial charge in [-0.2, -0.15) is 0 Å². The van der Waals surface area contributed by atoms with Crippen LogP contribution in [0.1, 0.15) is 26.3 Å². The Kier molecular flexibility index (Phi) is 3.42. The lowest BCUT2D eigenvalue weighted by Crippen LogP contribution is -2.08. The molecule has 0 fully saturated rings. The van der Waals surface area contributed by atoms with Gasteiger partial charge in [0.15, 0.2) is 5.82 Å². The van der Waals surface area contributed by atoms with E-state index in [0.717, 1.165) is 22.3 Å². The standard InChI is InChI=1S/C11H14BrN5/c1-3-7(2)17-11(14-15-16-17)9-6-8(13)4-5-10(9)12/h4-7H,3,13H2,1-2H3. The van der Waals surface area contributed by atoms with Crippen LogP contribution in [-0.2, 0) is 0 Å². The first-order chi connectivity index (χ1) is 8.13. The van der Waals surface area contributed by atoms with Crippen molar-refractivity contribution in [1.29, 1.82) is 0 Å². The number of halogens is 1. The Hall–Kier alpha value is -1.43. The van der Waals surface area contributed by atoms with E-state index in [1.807, 2.05) is 22.9 Å². The summed E-state index contributed by atoms with van der Waals surface area (Å²) in [7, 11) is 0. The summed E-state index contributed by atoms with van der Waals surface area (Å²) in [5.41, 5.74) is 7.40. The van der Waals surface area contributed by atoms with Crippen molar-refractivity contribution in [2.75, 3.05) is 5.73 Å². The number of benzene rings is 1. The zero-order chi connectivity index (χ0) is 12.4. The third kappa shape index (κ3) is 2.31. The summed E-state index contributed by atoms with van der Waals surface area (Å²) in [6.07, 6.45) is 0.970. The summed E-state index contributed by atoms with van der Waals surface area (Å²) >= 11 is 3.49. The second-order valence-electron chi connectivity index (χ2n) is 3.94. The van der Waals surface area contributed by atoms with Crippen molar-refractivity contribution in [1.82, 2.24) is 20.2 Å². The van der Waals surface area contributed by atoms with Crippen molar-refractivity contribution < 1.29 is 0 Å². The molecule has 1 aromatic heterocycles. The molecule has 2 rings (SSSR count). The van der Waals surface area contributed by atoms with Gasteiger partial charge in [-0.3, -0.25) is 0 Å². The van der Waals surface area contributed by atoms with Crippen molar-refractivity contribution >= 4 is 21.6 Å². The zero-order valence-electron chi connectivity index (χ0n) is 9.76. The molecule has 0 aliphatic rings. The first-order valence-corrected chi connectivity index (χ1v) is 6.26. The van der Waals surface area contributed by atoms with Crippen molar-refractivity contribution in [2.45, 2.75) is 26.3 Å². The van der Waals surface area contributed by atoms with Crippen LogP contribution < -0.4 is 5.73 Å². The van der Waals surface area contributed by atoms with Crippen LogP contribution in [0.5, 0.6) is 0 Å². The van der Waals surface area contributed by atoms with Crippen molar-refractivity contribution in [3.8, 4) is 11.4 Å². The fraction of sp³-hybridized carbons (Fsp3) is 0.364. The molecule has 90 valence electrons. The Morgan fingerprint density at radius 2 is 2.24 bits per heavy atom. The van der Waals surface area contributed by atoms with Crippen LogP contribution in [0, 0.1) is 0 Å². The molecule has 5 nitrogen and oxygen atoms in total. The summed E-state index contributed by atoms with van der Waals surface area (Å²) in [6.45, 7) is 4.19. The second-order valence-corrected chi connectivity index (χ2v) is 4.80. The third-order valence-electron chi connectivity index (χ3n) is 2.73. The van der Waals surface area contributed by atoms with E-state index in [-0.39, 0.29) is 6.04 Å². The predicted molar refractivity (Wildman–Crippen MR) is 70.4 cm³/mol. The van der Waals surface area contributed by atoms with Crippen LogP contribution in [0.25, 0.3) is 11.4 Å². The number of nitrogens with two attached hydrogens (primary N) is 1. The van der Waals surface area contributed by atoms with Gasteiger partial charge in [-0.1, -0.05) is 22.9 Å². The van der Waals surface area contributed by atoms with E-state index in [0.29, 0.717) is 5.69 Å². The highest BCUT2D eigenvalue weighted by Gasteiger charge is 2.15. The Balaban J connectivity index is 2.53. The van der Waals surface area contributed by atoms with E-state index in [2.05, 4.69) is 45.3 Å². The van der Waals surface area contributed by atoms with E-state index < -0.39 is 0 Å². The van der Waals surface area contributed by atoms with E-state index >= 15 is 0 Å². The number of anilines is 1. The molecule has 0 spiro atoms. The molecule has 0 aliphatic heterocycles. The summed E-state index contributed by atoms with van der Waals surface area (Å²) in [6, 6.07) is 5.87. The number of tetrazole rings is 1. The number of nitrogens with zero attached hydrogens (tertiary/aromatic N) is 4. The SMILES string of the molecule is CCC(C)n1nnnc1-c1cc(N)ccc1Br. The number of rotatable bonds is 3. The molecule has 1 aromatic carbocycles. The van der Waals surface area contributed by atoms with E-state index in [1.165, 1.54) is 0 Å². The summed E-state index contributed by atoms with van der Waals surface area (Å²) in [5.74, 6) is 0.735. The van der Waals surface area contributed by atoms with Gasteiger partial charge in [-0.25, -0.2) is 4.68 Å². The molecule has 1 heterocycles. The first-order valence-electron chi connectivity index (χ1n) is 5.46. The normalized spacial score (nSPS) is 12.6. The molecule has 0 bridgehead atoms. The monoisotopic (exact) mass is 295 g/mol. The Morgan fingerprint density at radius 1 is 1.47 bits per heavy atom. The summed E-state index contributed by atoms with van der Waals surface area (Å²) < 4.78 is 2.76. The zero-order valence-corrected chi connectivity index (χ0v) is 11.3. The van der Waals surface area contributed by atoms with E-state index in [4.69, 9.17) is 5.73 Å². The van der Waals surface area contributed by atoms with Gasteiger partial charge in [-0.15, -0.1) is 5.10 Å². The molecule has 2 aromatic rings. The molecule has 1 unspecified atom stereocenters. The summed E-state index contributed by atoms with van der Waals surface area (Å²) in [5, 5.41) is 11.8. The van der Waals surface area contributed by atoms with Gasteiger partial charge in [0, 0.05) is 15.7 Å². The fourth-order valence-electron chi connectivity index (χ4n) is 1.56. The number of hydrogen-bond acceptors (Lipinski definition) is 4. The number of hydrogen-bond donors (Lipinski definition) is 1. The number of aromatic nitrogens is 4. The molecule has 0 amide bonds. The quantitative estimate of drug-likeness (QED) is 0.884. The maximum Gasteiger partial charge on any atom is 0.183 e. The largest absolute Gasteiger partial charge is 0.399 e. The average Bonchev–Trinajstić information content (AvgIpc) is 2.80. The maximum absolute atomic E-state index is 5.79. The van der Waals surface area contributed by atoms with Gasteiger partial charge in [0.1, 0.15) is 0 Å². The smallest absolute Gasteiger partial charge is 0.183 e. The second kappa shape index (κ2) is 4.83. The highest BCUT2D eigenvalue weighted by molar-refractivity contribution is 9.10. The number of nitrogen functional groups attached to an aromatic ring is 1. The molecule has 2 N–H and O–H groups in total. The lowest BCUT2D eigenvalue weighted by Gasteiger charge is -2.11. The lowest BCUT2D eigenvalue weighted by atomic mass is 10.1. The van der Waals surface area contributed by atoms with Crippen LogP contribution in [0.3, 0.4) is 0 Å². The molecule has 0 saturated heterocycles. The molecular weight excluding hydrogens is 282 g/mol. The minimum atomic E-state index is 0.258. The summed E-state index contributed by atoms with van der Waals surface area (Å²) in [4.78, 5) is 0. The van der Waals surface area contributed by atoms with Gasteiger partial charge < -0.3 is 5.73 Å². The van der Waals surface area contributed by atoms with Gasteiger partial charge in [0.2, 0.25) is 0 Å². The van der Waals surface area contributed by atoms with Crippen molar-refractivity contribution in [3.63, 3.8) is 0 Å². The van der Waals surface area contributed by atoms with Gasteiger partial charge in [0.25, 0.3) is 0 Å². The third-order valence-corrected chi connectivity index (χ3v) is 3.42. The molecule has 0 saturated carbocycles. The molecular formula is C11H14BrN5. The van der Waals surface area contributed by atoms with Crippen molar-refractivity contribution in [2.24, 2.45) is 0 Å². The van der Waals surface area contributed by atoms with Crippen LogP contribution in [0.15, 0.2) is 22.7 Å². The maximum atomic E-state index is 5.79. The molecule has 17 heavy (non-hydrogen) atoms. The van der Waals surface area contributed by atoms with Crippen LogP contribution in [-0.4, -0.2) is 20.2 Å².